The van der Waals surface area contributed by atoms with Gasteiger partial charge in [-0.2, -0.15) is 5.10 Å². The SMILES string of the molecule is CC[C@@H]1S/C(=N/N=C\c2ccccc2)N(Cc2ccc(F)cc2)C1=O. The molecule has 3 rings (SSSR count). The Morgan fingerprint density at radius 2 is 1.88 bits per heavy atom. The van der Waals surface area contributed by atoms with Gasteiger partial charge in [0.05, 0.1) is 18.0 Å². The van der Waals surface area contributed by atoms with E-state index in [9.17, 15) is 9.18 Å². The first-order valence-corrected chi connectivity index (χ1v) is 8.94. The fraction of sp³-hybridized carbons (Fsp3) is 0.211. The van der Waals surface area contributed by atoms with Crippen LogP contribution in [0.2, 0.25) is 0 Å². The number of carbonyl (C=O) groups excluding carboxylic acids is 1. The molecule has 0 spiro atoms. The summed E-state index contributed by atoms with van der Waals surface area (Å²) in [6, 6.07) is 15.8. The number of benzene rings is 2. The molecule has 1 aliphatic rings. The molecule has 0 bridgehead atoms. The Balaban J connectivity index is 1.79. The van der Waals surface area contributed by atoms with Crippen LogP contribution in [0.1, 0.15) is 24.5 Å². The van der Waals surface area contributed by atoms with E-state index in [1.807, 2.05) is 37.3 Å². The molecule has 0 radical (unpaired) electrons. The van der Waals surface area contributed by atoms with E-state index in [4.69, 9.17) is 0 Å². The quantitative estimate of drug-likeness (QED) is 0.599. The average Bonchev–Trinajstić information content (AvgIpc) is 2.93. The summed E-state index contributed by atoms with van der Waals surface area (Å²) in [5, 5.41) is 8.79. The van der Waals surface area contributed by atoms with Gasteiger partial charge in [0.1, 0.15) is 5.82 Å². The number of halogens is 1. The van der Waals surface area contributed by atoms with Crippen molar-refractivity contribution in [3.8, 4) is 0 Å². The zero-order valence-electron chi connectivity index (χ0n) is 13.8. The van der Waals surface area contributed by atoms with Crippen LogP contribution >= 0.6 is 11.8 Å². The fourth-order valence-electron chi connectivity index (χ4n) is 2.45. The van der Waals surface area contributed by atoms with Gasteiger partial charge in [-0.3, -0.25) is 9.69 Å². The van der Waals surface area contributed by atoms with Crippen LogP contribution in [0, 0.1) is 5.82 Å². The maximum atomic E-state index is 13.1. The average molecular weight is 355 g/mol. The van der Waals surface area contributed by atoms with Crippen molar-refractivity contribution in [1.82, 2.24) is 4.90 Å². The van der Waals surface area contributed by atoms with E-state index < -0.39 is 0 Å². The van der Waals surface area contributed by atoms with Crippen LogP contribution < -0.4 is 0 Å². The molecule has 1 fully saturated rings. The molecule has 0 N–H and O–H groups in total. The van der Waals surface area contributed by atoms with Gasteiger partial charge in [-0.1, -0.05) is 61.2 Å². The van der Waals surface area contributed by atoms with Gasteiger partial charge in [-0.15, -0.1) is 5.10 Å². The van der Waals surface area contributed by atoms with Crippen LogP contribution in [-0.4, -0.2) is 27.4 Å². The van der Waals surface area contributed by atoms with Gasteiger partial charge in [0.25, 0.3) is 0 Å². The number of amidine groups is 1. The second kappa shape index (κ2) is 8.07. The van der Waals surface area contributed by atoms with Gasteiger partial charge in [0, 0.05) is 0 Å². The molecule has 0 aromatic heterocycles. The van der Waals surface area contributed by atoms with Crippen molar-refractivity contribution in [3.63, 3.8) is 0 Å². The molecule has 128 valence electrons. The Morgan fingerprint density at radius 1 is 1.16 bits per heavy atom. The molecule has 1 heterocycles. The zero-order valence-corrected chi connectivity index (χ0v) is 14.6. The van der Waals surface area contributed by atoms with E-state index in [0.29, 0.717) is 11.7 Å². The molecule has 2 aromatic carbocycles. The lowest BCUT2D eigenvalue weighted by Crippen LogP contribution is -2.31. The monoisotopic (exact) mass is 355 g/mol. The van der Waals surface area contributed by atoms with Crippen molar-refractivity contribution < 1.29 is 9.18 Å². The smallest absolute Gasteiger partial charge is 0.242 e. The zero-order chi connectivity index (χ0) is 17.6. The van der Waals surface area contributed by atoms with Crippen molar-refractivity contribution in [2.75, 3.05) is 0 Å². The molecule has 1 atom stereocenters. The summed E-state index contributed by atoms with van der Waals surface area (Å²) in [5.41, 5.74) is 1.80. The van der Waals surface area contributed by atoms with Crippen LogP contribution in [-0.2, 0) is 11.3 Å². The molecule has 1 amide bonds. The van der Waals surface area contributed by atoms with E-state index >= 15 is 0 Å². The minimum Gasteiger partial charge on any atom is -0.284 e. The number of nitrogens with zero attached hydrogens (tertiary/aromatic N) is 3. The van der Waals surface area contributed by atoms with Crippen molar-refractivity contribution in [2.24, 2.45) is 10.2 Å². The Bertz CT molecular complexity index is 790. The molecular weight excluding hydrogens is 337 g/mol. The summed E-state index contributed by atoms with van der Waals surface area (Å²) >= 11 is 1.42. The first kappa shape index (κ1) is 17.4. The Hall–Kier alpha value is -2.47. The van der Waals surface area contributed by atoms with Crippen molar-refractivity contribution in [2.45, 2.75) is 25.1 Å². The highest BCUT2D eigenvalue weighted by molar-refractivity contribution is 8.15. The lowest BCUT2D eigenvalue weighted by atomic mass is 10.2. The summed E-state index contributed by atoms with van der Waals surface area (Å²) in [6.45, 7) is 2.34. The molecule has 0 unspecified atom stereocenters. The third kappa shape index (κ3) is 4.33. The van der Waals surface area contributed by atoms with Gasteiger partial charge in [0.15, 0.2) is 5.17 Å². The minimum absolute atomic E-state index is 0.0190. The van der Waals surface area contributed by atoms with Crippen molar-refractivity contribution in [1.29, 1.82) is 0 Å². The second-order valence-electron chi connectivity index (χ2n) is 5.60. The standard InChI is InChI=1S/C19H18FN3OS/c1-2-17-18(24)23(13-15-8-10-16(20)11-9-15)19(25-17)22-21-12-14-6-4-3-5-7-14/h3-12,17H,2,13H2,1H3/b21-12-,22-19+/t17-/m0/s1. The summed E-state index contributed by atoms with van der Waals surface area (Å²) < 4.78 is 13.1. The largest absolute Gasteiger partial charge is 0.284 e. The predicted molar refractivity (Wildman–Crippen MR) is 100 cm³/mol. The molecule has 1 saturated heterocycles. The molecule has 25 heavy (non-hydrogen) atoms. The second-order valence-corrected chi connectivity index (χ2v) is 6.77. The number of rotatable bonds is 5. The number of hydrogen-bond acceptors (Lipinski definition) is 4. The molecule has 0 saturated carbocycles. The maximum absolute atomic E-state index is 13.1. The minimum atomic E-state index is -0.293. The van der Waals surface area contributed by atoms with E-state index in [1.54, 1.807) is 23.2 Å². The first-order chi connectivity index (χ1) is 12.2. The Labute approximate surface area is 150 Å². The van der Waals surface area contributed by atoms with E-state index in [-0.39, 0.29) is 17.0 Å². The number of carbonyl (C=O) groups is 1. The molecular formula is C19H18FN3OS. The van der Waals surface area contributed by atoms with Gasteiger partial charge in [-0.25, -0.2) is 4.39 Å². The molecule has 4 nitrogen and oxygen atoms in total. The van der Waals surface area contributed by atoms with Gasteiger partial charge < -0.3 is 0 Å². The van der Waals surface area contributed by atoms with E-state index in [1.165, 1.54) is 23.9 Å². The van der Waals surface area contributed by atoms with Crippen LogP contribution in [0.3, 0.4) is 0 Å². The normalized spacial score (nSPS) is 19.3. The third-order valence-electron chi connectivity index (χ3n) is 3.79. The lowest BCUT2D eigenvalue weighted by molar-refractivity contribution is -0.126. The number of amides is 1. The number of thioether (sulfide) groups is 1. The summed E-state index contributed by atoms with van der Waals surface area (Å²) in [7, 11) is 0. The summed E-state index contributed by atoms with van der Waals surface area (Å²) in [4.78, 5) is 14.2. The van der Waals surface area contributed by atoms with Crippen LogP contribution in [0.4, 0.5) is 4.39 Å². The Kier molecular flexibility index (Phi) is 5.60. The lowest BCUT2D eigenvalue weighted by Gasteiger charge is -2.15. The highest BCUT2D eigenvalue weighted by Crippen LogP contribution is 2.30. The predicted octanol–water partition coefficient (Wildman–Crippen LogP) is 4.07. The molecule has 6 heteroatoms. The number of hydrogen-bond donors (Lipinski definition) is 0. The highest BCUT2D eigenvalue weighted by atomic mass is 32.2. The molecule has 0 aliphatic carbocycles. The van der Waals surface area contributed by atoms with Crippen molar-refractivity contribution >= 4 is 29.1 Å². The summed E-state index contributed by atoms with van der Waals surface area (Å²) in [6.07, 6.45) is 2.39. The van der Waals surface area contributed by atoms with Gasteiger partial charge in [0.2, 0.25) is 5.91 Å². The van der Waals surface area contributed by atoms with Crippen LogP contribution in [0.25, 0.3) is 0 Å². The maximum Gasteiger partial charge on any atom is 0.242 e. The Morgan fingerprint density at radius 3 is 2.56 bits per heavy atom. The van der Waals surface area contributed by atoms with Gasteiger partial charge in [-0.05, 0) is 29.7 Å². The van der Waals surface area contributed by atoms with E-state index in [0.717, 1.165) is 17.5 Å². The van der Waals surface area contributed by atoms with E-state index in [2.05, 4.69) is 10.2 Å². The topological polar surface area (TPSA) is 45.0 Å². The molecule has 2 aromatic rings. The van der Waals surface area contributed by atoms with Crippen LogP contribution in [0.15, 0.2) is 64.8 Å². The molecule has 1 aliphatic heterocycles. The fourth-order valence-corrected chi connectivity index (χ4v) is 3.47. The first-order valence-electron chi connectivity index (χ1n) is 8.06. The third-order valence-corrected chi connectivity index (χ3v) is 5.13. The van der Waals surface area contributed by atoms with Crippen molar-refractivity contribution in [3.05, 3.63) is 71.5 Å². The van der Waals surface area contributed by atoms with Gasteiger partial charge >= 0.3 is 0 Å². The highest BCUT2D eigenvalue weighted by Gasteiger charge is 2.36. The van der Waals surface area contributed by atoms with Crippen LogP contribution in [0.5, 0.6) is 0 Å². The summed E-state index contributed by atoms with van der Waals surface area (Å²) in [5.74, 6) is -0.274.